The highest BCUT2D eigenvalue weighted by Gasteiger charge is 2.17. The molecular formula is C12H14O4. The fourth-order valence-electron chi connectivity index (χ4n) is 1.72. The van der Waals surface area contributed by atoms with Crippen LogP contribution in [0.15, 0.2) is 16.5 Å². The van der Waals surface area contributed by atoms with Crippen LogP contribution in [0.3, 0.4) is 0 Å². The number of furan rings is 1. The summed E-state index contributed by atoms with van der Waals surface area (Å²) < 4.78 is 15.9. The summed E-state index contributed by atoms with van der Waals surface area (Å²) in [5.74, 6) is 1.90. The van der Waals surface area contributed by atoms with Crippen molar-refractivity contribution in [1.29, 1.82) is 0 Å². The molecule has 0 atom stereocenters. The average molecular weight is 222 g/mol. The predicted octanol–water partition coefficient (Wildman–Crippen LogP) is 2.72. The van der Waals surface area contributed by atoms with Crippen LogP contribution in [0.5, 0.6) is 17.2 Å². The summed E-state index contributed by atoms with van der Waals surface area (Å²) in [6.45, 7) is 1.92. The number of aryl methyl sites for hydroxylation is 1. The Kier molecular flexibility index (Phi) is 2.64. The molecule has 0 radical (unpaired) electrons. The SMILES string of the molecule is CCc1oc2cc(OC)cc(OC)c2c1O. The van der Waals surface area contributed by atoms with Gasteiger partial charge in [0.2, 0.25) is 0 Å². The molecule has 0 saturated carbocycles. The Morgan fingerprint density at radius 2 is 2.00 bits per heavy atom. The summed E-state index contributed by atoms with van der Waals surface area (Å²) in [5, 5.41) is 10.5. The van der Waals surface area contributed by atoms with Gasteiger partial charge in [0, 0.05) is 18.6 Å². The lowest BCUT2D eigenvalue weighted by Gasteiger charge is -2.04. The first kappa shape index (κ1) is 10.7. The lowest BCUT2D eigenvalue weighted by molar-refractivity contribution is 0.396. The molecule has 0 saturated heterocycles. The van der Waals surface area contributed by atoms with Crippen molar-refractivity contribution in [3.8, 4) is 17.2 Å². The van der Waals surface area contributed by atoms with Gasteiger partial charge in [-0.1, -0.05) is 6.92 Å². The number of benzene rings is 1. The van der Waals surface area contributed by atoms with Crippen molar-refractivity contribution >= 4 is 11.0 Å². The zero-order valence-corrected chi connectivity index (χ0v) is 9.53. The molecule has 0 amide bonds. The standard InChI is InChI=1S/C12H14O4/c1-4-8-12(13)11-9(15-3)5-7(14-2)6-10(11)16-8/h5-6,13H,4H2,1-3H3. The van der Waals surface area contributed by atoms with Crippen LogP contribution in [0, 0.1) is 0 Å². The van der Waals surface area contributed by atoms with Crippen LogP contribution in [-0.2, 0) is 6.42 Å². The number of aromatic hydroxyl groups is 1. The van der Waals surface area contributed by atoms with E-state index in [1.165, 1.54) is 0 Å². The highest BCUT2D eigenvalue weighted by Crippen LogP contribution is 2.41. The number of fused-ring (bicyclic) bond motifs is 1. The number of hydrogen-bond acceptors (Lipinski definition) is 4. The van der Waals surface area contributed by atoms with Crippen LogP contribution in [0.1, 0.15) is 12.7 Å². The van der Waals surface area contributed by atoms with Gasteiger partial charge in [-0.05, 0) is 0 Å². The van der Waals surface area contributed by atoms with Crippen molar-refractivity contribution in [2.24, 2.45) is 0 Å². The average Bonchev–Trinajstić information content (AvgIpc) is 2.65. The third kappa shape index (κ3) is 1.46. The van der Waals surface area contributed by atoms with Gasteiger partial charge in [0.05, 0.1) is 14.2 Å². The summed E-state index contributed by atoms with van der Waals surface area (Å²) in [6.07, 6.45) is 0.631. The van der Waals surface area contributed by atoms with Crippen molar-refractivity contribution in [2.45, 2.75) is 13.3 Å². The number of methoxy groups -OCH3 is 2. The molecule has 1 N–H and O–H groups in total. The largest absolute Gasteiger partial charge is 0.504 e. The van der Waals surface area contributed by atoms with E-state index in [0.717, 1.165) is 0 Å². The van der Waals surface area contributed by atoms with E-state index < -0.39 is 0 Å². The normalized spacial score (nSPS) is 10.7. The molecule has 0 spiro atoms. The van der Waals surface area contributed by atoms with Crippen LogP contribution in [0.4, 0.5) is 0 Å². The molecule has 2 rings (SSSR count). The Bertz CT molecular complexity index is 513. The van der Waals surface area contributed by atoms with E-state index in [-0.39, 0.29) is 5.75 Å². The van der Waals surface area contributed by atoms with E-state index in [2.05, 4.69) is 0 Å². The Labute approximate surface area is 93.4 Å². The highest BCUT2D eigenvalue weighted by atomic mass is 16.5. The Morgan fingerprint density at radius 1 is 1.25 bits per heavy atom. The monoisotopic (exact) mass is 222 g/mol. The molecule has 2 aromatic rings. The van der Waals surface area contributed by atoms with Gasteiger partial charge in [-0.15, -0.1) is 0 Å². The summed E-state index contributed by atoms with van der Waals surface area (Å²) in [5.41, 5.74) is 0.575. The lowest BCUT2D eigenvalue weighted by Crippen LogP contribution is -1.87. The minimum absolute atomic E-state index is 0.150. The third-order valence-electron chi connectivity index (χ3n) is 2.55. The highest BCUT2D eigenvalue weighted by molar-refractivity contribution is 5.92. The van der Waals surface area contributed by atoms with Crippen molar-refractivity contribution in [1.82, 2.24) is 0 Å². The number of ether oxygens (including phenoxy) is 2. The Hall–Kier alpha value is -1.84. The van der Waals surface area contributed by atoms with E-state index in [1.54, 1.807) is 26.4 Å². The third-order valence-corrected chi connectivity index (χ3v) is 2.55. The summed E-state index contributed by atoms with van der Waals surface area (Å²) in [6, 6.07) is 3.45. The van der Waals surface area contributed by atoms with Crippen LogP contribution >= 0.6 is 0 Å². The molecule has 1 aromatic heterocycles. The predicted molar refractivity (Wildman–Crippen MR) is 60.4 cm³/mol. The maximum atomic E-state index is 9.95. The molecule has 86 valence electrons. The van der Waals surface area contributed by atoms with Crippen molar-refractivity contribution in [3.63, 3.8) is 0 Å². The molecular weight excluding hydrogens is 208 g/mol. The number of rotatable bonds is 3. The van der Waals surface area contributed by atoms with Gasteiger partial charge in [-0.25, -0.2) is 0 Å². The van der Waals surface area contributed by atoms with Crippen molar-refractivity contribution in [2.75, 3.05) is 14.2 Å². The maximum Gasteiger partial charge on any atom is 0.168 e. The van der Waals surface area contributed by atoms with Gasteiger partial charge in [0.25, 0.3) is 0 Å². The second kappa shape index (κ2) is 3.96. The first-order valence-corrected chi connectivity index (χ1v) is 5.07. The van der Waals surface area contributed by atoms with Crippen molar-refractivity contribution < 1.29 is 19.0 Å². The van der Waals surface area contributed by atoms with Gasteiger partial charge in [0.15, 0.2) is 5.75 Å². The quantitative estimate of drug-likeness (QED) is 0.867. The number of hydrogen-bond donors (Lipinski definition) is 1. The molecule has 0 fully saturated rings. The second-order valence-electron chi connectivity index (χ2n) is 3.43. The summed E-state index contributed by atoms with van der Waals surface area (Å²) >= 11 is 0. The Balaban J connectivity index is 2.76. The topological polar surface area (TPSA) is 51.8 Å². The summed E-state index contributed by atoms with van der Waals surface area (Å²) in [7, 11) is 3.12. The molecule has 16 heavy (non-hydrogen) atoms. The lowest BCUT2D eigenvalue weighted by atomic mass is 10.2. The molecule has 4 nitrogen and oxygen atoms in total. The minimum Gasteiger partial charge on any atom is -0.504 e. The molecule has 0 aliphatic heterocycles. The molecule has 0 aliphatic rings. The van der Waals surface area contributed by atoms with E-state index in [0.29, 0.717) is 34.6 Å². The van der Waals surface area contributed by atoms with Gasteiger partial charge >= 0.3 is 0 Å². The summed E-state index contributed by atoms with van der Waals surface area (Å²) in [4.78, 5) is 0. The van der Waals surface area contributed by atoms with E-state index in [9.17, 15) is 5.11 Å². The van der Waals surface area contributed by atoms with Gasteiger partial charge in [0.1, 0.15) is 28.2 Å². The van der Waals surface area contributed by atoms with Crippen LogP contribution < -0.4 is 9.47 Å². The maximum absolute atomic E-state index is 9.95. The Morgan fingerprint density at radius 3 is 2.56 bits per heavy atom. The second-order valence-corrected chi connectivity index (χ2v) is 3.43. The smallest absolute Gasteiger partial charge is 0.168 e. The first-order valence-electron chi connectivity index (χ1n) is 5.07. The van der Waals surface area contributed by atoms with Crippen molar-refractivity contribution in [3.05, 3.63) is 17.9 Å². The minimum atomic E-state index is 0.150. The first-order chi connectivity index (χ1) is 7.71. The molecule has 4 heteroatoms. The molecule has 0 unspecified atom stereocenters. The molecule has 1 aromatic carbocycles. The zero-order chi connectivity index (χ0) is 11.7. The van der Waals surface area contributed by atoms with Crippen LogP contribution in [0.25, 0.3) is 11.0 Å². The van der Waals surface area contributed by atoms with E-state index in [4.69, 9.17) is 13.9 Å². The zero-order valence-electron chi connectivity index (χ0n) is 9.53. The van der Waals surface area contributed by atoms with Gasteiger partial charge in [-0.3, -0.25) is 0 Å². The molecule has 0 aliphatic carbocycles. The van der Waals surface area contributed by atoms with Gasteiger partial charge in [-0.2, -0.15) is 0 Å². The molecule has 1 heterocycles. The van der Waals surface area contributed by atoms with E-state index in [1.807, 2.05) is 6.92 Å². The van der Waals surface area contributed by atoms with E-state index >= 15 is 0 Å². The van der Waals surface area contributed by atoms with Crippen LogP contribution in [0.2, 0.25) is 0 Å². The molecule has 0 bridgehead atoms. The fourth-order valence-corrected chi connectivity index (χ4v) is 1.72. The fraction of sp³-hybridized carbons (Fsp3) is 0.333. The van der Waals surface area contributed by atoms with Gasteiger partial charge < -0.3 is 19.0 Å². The van der Waals surface area contributed by atoms with Crippen LogP contribution in [-0.4, -0.2) is 19.3 Å².